The van der Waals surface area contributed by atoms with Gasteiger partial charge in [-0.1, -0.05) is 41.9 Å². The summed E-state index contributed by atoms with van der Waals surface area (Å²) in [6, 6.07) is 16.6. The first-order valence-corrected chi connectivity index (χ1v) is 7.53. The molecule has 1 heterocycles. The summed E-state index contributed by atoms with van der Waals surface area (Å²) in [6.07, 6.45) is 2.44. The van der Waals surface area contributed by atoms with Gasteiger partial charge in [-0.15, -0.1) is 0 Å². The van der Waals surface area contributed by atoms with E-state index in [2.05, 4.69) is 34.5 Å². The molecule has 0 fully saturated rings. The fourth-order valence-electron chi connectivity index (χ4n) is 2.77. The molecule has 2 aromatic carbocycles. The summed E-state index contributed by atoms with van der Waals surface area (Å²) in [5.41, 5.74) is 3.87. The van der Waals surface area contributed by atoms with E-state index in [1.54, 1.807) is 0 Å². The van der Waals surface area contributed by atoms with E-state index >= 15 is 0 Å². The molecule has 1 N–H and O–H groups in total. The van der Waals surface area contributed by atoms with Crippen molar-refractivity contribution in [2.24, 2.45) is 0 Å². The summed E-state index contributed by atoms with van der Waals surface area (Å²) in [5, 5.41) is 4.20. The number of fused-ring (bicyclic) bond motifs is 1. The quantitative estimate of drug-likeness (QED) is 0.906. The van der Waals surface area contributed by atoms with Crippen LogP contribution in [-0.4, -0.2) is 19.6 Å². The molecule has 0 saturated carbocycles. The molecule has 3 rings (SSSR count). The number of benzene rings is 2. The third-order valence-corrected chi connectivity index (χ3v) is 4.11. The number of halogens is 1. The van der Waals surface area contributed by atoms with Crippen LogP contribution in [0.1, 0.15) is 12.0 Å². The Morgan fingerprint density at radius 3 is 2.75 bits per heavy atom. The smallest absolute Gasteiger partial charge is 0.0637 e. The minimum Gasteiger partial charge on any atom is -0.382 e. The van der Waals surface area contributed by atoms with Gasteiger partial charge in [0.2, 0.25) is 0 Å². The average Bonchev–Trinajstić information content (AvgIpc) is 2.49. The van der Waals surface area contributed by atoms with Gasteiger partial charge in [-0.25, -0.2) is 0 Å². The molecule has 0 spiro atoms. The lowest BCUT2D eigenvalue weighted by molar-refractivity contribution is 0.698. The molecule has 2 aromatic rings. The van der Waals surface area contributed by atoms with E-state index in [1.165, 1.54) is 24.1 Å². The monoisotopic (exact) mass is 286 g/mol. The van der Waals surface area contributed by atoms with Crippen molar-refractivity contribution in [3.05, 3.63) is 59.1 Å². The summed E-state index contributed by atoms with van der Waals surface area (Å²) in [7, 11) is 0. The predicted octanol–water partition coefficient (Wildman–Crippen LogP) is 4.20. The highest BCUT2D eigenvalue weighted by molar-refractivity contribution is 6.33. The van der Waals surface area contributed by atoms with Gasteiger partial charge < -0.3 is 10.2 Å². The van der Waals surface area contributed by atoms with E-state index in [-0.39, 0.29) is 0 Å². The first kappa shape index (κ1) is 13.3. The molecule has 1 aliphatic rings. The van der Waals surface area contributed by atoms with Gasteiger partial charge in [-0.2, -0.15) is 0 Å². The van der Waals surface area contributed by atoms with Crippen LogP contribution in [0.2, 0.25) is 5.02 Å². The zero-order chi connectivity index (χ0) is 13.8. The van der Waals surface area contributed by atoms with E-state index in [4.69, 9.17) is 11.6 Å². The van der Waals surface area contributed by atoms with Crippen LogP contribution in [0, 0.1) is 0 Å². The molecular formula is C17H19ClN2. The first-order chi connectivity index (χ1) is 9.84. The lowest BCUT2D eigenvalue weighted by Gasteiger charge is -2.31. The Bertz CT molecular complexity index is 583. The largest absolute Gasteiger partial charge is 0.382 e. The Kier molecular flexibility index (Phi) is 4.12. The molecule has 0 amide bonds. The molecule has 20 heavy (non-hydrogen) atoms. The van der Waals surface area contributed by atoms with Crippen LogP contribution in [0.25, 0.3) is 0 Å². The minimum absolute atomic E-state index is 0.784. The molecule has 0 unspecified atom stereocenters. The number of hydrogen-bond donors (Lipinski definition) is 1. The number of nitrogens with zero attached hydrogens (tertiary/aromatic N) is 1. The van der Waals surface area contributed by atoms with Crippen LogP contribution < -0.4 is 10.2 Å². The van der Waals surface area contributed by atoms with Crippen molar-refractivity contribution in [2.75, 3.05) is 29.9 Å². The van der Waals surface area contributed by atoms with Crippen molar-refractivity contribution in [1.29, 1.82) is 0 Å². The van der Waals surface area contributed by atoms with Crippen molar-refractivity contribution in [2.45, 2.75) is 12.8 Å². The summed E-state index contributed by atoms with van der Waals surface area (Å²) in [6.45, 7) is 3.04. The normalized spacial score (nSPS) is 13.9. The fraction of sp³-hybridized carbons (Fsp3) is 0.294. The fourth-order valence-corrected chi connectivity index (χ4v) is 2.98. The molecule has 0 aliphatic carbocycles. The molecule has 3 heteroatoms. The van der Waals surface area contributed by atoms with E-state index in [0.717, 1.165) is 30.3 Å². The number of rotatable bonds is 4. The van der Waals surface area contributed by atoms with Gasteiger partial charge in [0.05, 0.1) is 10.7 Å². The molecule has 1 aliphatic heterocycles. The second kappa shape index (κ2) is 6.19. The highest BCUT2D eigenvalue weighted by Crippen LogP contribution is 2.26. The van der Waals surface area contributed by atoms with Crippen LogP contribution >= 0.6 is 11.6 Å². The Morgan fingerprint density at radius 2 is 1.85 bits per heavy atom. The molecule has 0 bridgehead atoms. The van der Waals surface area contributed by atoms with Crippen LogP contribution in [0.15, 0.2) is 48.5 Å². The van der Waals surface area contributed by atoms with Gasteiger partial charge in [0.25, 0.3) is 0 Å². The van der Waals surface area contributed by atoms with Gasteiger partial charge in [0.1, 0.15) is 0 Å². The zero-order valence-corrected chi connectivity index (χ0v) is 12.2. The third-order valence-electron chi connectivity index (χ3n) is 3.78. The van der Waals surface area contributed by atoms with Crippen LogP contribution in [0.4, 0.5) is 11.4 Å². The maximum absolute atomic E-state index is 6.15. The Morgan fingerprint density at radius 1 is 1.05 bits per heavy atom. The van der Waals surface area contributed by atoms with E-state index in [9.17, 15) is 0 Å². The molecule has 2 nitrogen and oxygen atoms in total. The average molecular weight is 287 g/mol. The van der Waals surface area contributed by atoms with Gasteiger partial charge in [0, 0.05) is 25.3 Å². The minimum atomic E-state index is 0.784. The number of aryl methyl sites for hydroxylation is 1. The Labute approximate surface area is 125 Å². The molecule has 0 aromatic heterocycles. The molecule has 104 valence electrons. The van der Waals surface area contributed by atoms with E-state index in [0.29, 0.717) is 0 Å². The van der Waals surface area contributed by atoms with E-state index in [1.807, 2.05) is 24.3 Å². The SMILES string of the molecule is Clc1ccccc1NCCN1CCCc2ccccc21. The first-order valence-electron chi connectivity index (χ1n) is 7.16. The Hall–Kier alpha value is -1.67. The number of anilines is 2. The van der Waals surface area contributed by atoms with Gasteiger partial charge >= 0.3 is 0 Å². The third kappa shape index (κ3) is 2.91. The number of para-hydroxylation sites is 2. The number of hydrogen-bond acceptors (Lipinski definition) is 2. The van der Waals surface area contributed by atoms with Crippen LogP contribution in [0.5, 0.6) is 0 Å². The highest BCUT2D eigenvalue weighted by atomic mass is 35.5. The van der Waals surface area contributed by atoms with Gasteiger partial charge in [-0.05, 0) is 36.6 Å². The van der Waals surface area contributed by atoms with Crippen molar-refractivity contribution in [1.82, 2.24) is 0 Å². The lowest BCUT2D eigenvalue weighted by Crippen LogP contribution is -2.33. The lowest BCUT2D eigenvalue weighted by atomic mass is 10.0. The highest BCUT2D eigenvalue weighted by Gasteiger charge is 2.15. The number of nitrogens with one attached hydrogen (secondary N) is 1. The zero-order valence-electron chi connectivity index (χ0n) is 11.5. The molecule has 0 radical (unpaired) electrons. The second-order valence-electron chi connectivity index (χ2n) is 5.13. The van der Waals surface area contributed by atoms with Crippen molar-refractivity contribution in [3.63, 3.8) is 0 Å². The predicted molar refractivity (Wildman–Crippen MR) is 86.9 cm³/mol. The van der Waals surface area contributed by atoms with Crippen molar-refractivity contribution < 1.29 is 0 Å². The van der Waals surface area contributed by atoms with Gasteiger partial charge in [-0.3, -0.25) is 0 Å². The molecule has 0 saturated heterocycles. The second-order valence-corrected chi connectivity index (χ2v) is 5.53. The van der Waals surface area contributed by atoms with Gasteiger partial charge in [0.15, 0.2) is 0 Å². The van der Waals surface area contributed by atoms with E-state index < -0.39 is 0 Å². The van der Waals surface area contributed by atoms with Crippen LogP contribution in [0.3, 0.4) is 0 Å². The standard InChI is InChI=1S/C17H19ClN2/c18-15-8-2-3-9-16(15)19-11-13-20-12-5-7-14-6-1-4-10-17(14)20/h1-4,6,8-10,19H,5,7,11-13H2. The summed E-state index contributed by atoms with van der Waals surface area (Å²) >= 11 is 6.15. The topological polar surface area (TPSA) is 15.3 Å². The summed E-state index contributed by atoms with van der Waals surface area (Å²) in [4.78, 5) is 2.46. The molecular weight excluding hydrogens is 268 g/mol. The molecule has 0 atom stereocenters. The van der Waals surface area contributed by atoms with Crippen LogP contribution in [-0.2, 0) is 6.42 Å². The summed E-state index contributed by atoms with van der Waals surface area (Å²) < 4.78 is 0. The van der Waals surface area contributed by atoms with Crippen molar-refractivity contribution in [3.8, 4) is 0 Å². The maximum Gasteiger partial charge on any atom is 0.0637 e. The van der Waals surface area contributed by atoms with Crippen molar-refractivity contribution >= 4 is 23.0 Å². The summed E-state index contributed by atoms with van der Waals surface area (Å²) in [5.74, 6) is 0. The Balaban J connectivity index is 1.61. The maximum atomic E-state index is 6.15.